The van der Waals surface area contributed by atoms with Crippen LogP contribution < -0.4 is 5.32 Å². The van der Waals surface area contributed by atoms with E-state index in [1.54, 1.807) is 0 Å². The SMILES string of the molecule is CCCCCCCCCC(NCCC)C1CCC(C)O1. The molecule has 3 unspecified atom stereocenters. The molecule has 1 fully saturated rings. The number of rotatable bonds is 12. The van der Waals surface area contributed by atoms with Crippen LogP contribution in [0.1, 0.15) is 91.4 Å². The molecule has 0 spiro atoms. The van der Waals surface area contributed by atoms with E-state index in [4.69, 9.17) is 4.74 Å². The van der Waals surface area contributed by atoms with Gasteiger partial charge < -0.3 is 10.1 Å². The molecule has 0 radical (unpaired) electrons. The average molecular weight is 284 g/mol. The molecule has 2 nitrogen and oxygen atoms in total. The van der Waals surface area contributed by atoms with Crippen molar-refractivity contribution in [3.05, 3.63) is 0 Å². The van der Waals surface area contributed by atoms with Gasteiger partial charge in [-0.25, -0.2) is 0 Å². The van der Waals surface area contributed by atoms with Gasteiger partial charge in [-0.1, -0.05) is 58.8 Å². The molecule has 0 aromatic heterocycles. The first-order chi connectivity index (χ1) is 9.77. The zero-order valence-corrected chi connectivity index (χ0v) is 14.1. The summed E-state index contributed by atoms with van der Waals surface area (Å²) in [6.07, 6.45) is 15.7. The van der Waals surface area contributed by atoms with Gasteiger partial charge in [0.1, 0.15) is 0 Å². The minimum absolute atomic E-state index is 0.469. The fourth-order valence-corrected chi connectivity index (χ4v) is 3.20. The van der Waals surface area contributed by atoms with Crippen molar-refractivity contribution in [2.45, 2.75) is 110 Å². The van der Waals surface area contributed by atoms with E-state index >= 15 is 0 Å². The van der Waals surface area contributed by atoms with Crippen LogP contribution in [0.5, 0.6) is 0 Å². The lowest BCUT2D eigenvalue weighted by Gasteiger charge is -2.25. The molecule has 1 N–H and O–H groups in total. The lowest BCUT2D eigenvalue weighted by molar-refractivity contribution is 0.0295. The van der Waals surface area contributed by atoms with E-state index in [9.17, 15) is 0 Å². The Balaban J connectivity index is 2.13. The van der Waals surface area contributed by atoms with E-state index in [-0.39, 0.29) is 0 Å². The second kappa shape index (κ2) is 11.6. The zero-order valence-electron chi connectivity index (χ0n) is 14.1. The van der Waals surface area contributed by atoms with E-state index in [0.717, 1.165) is 6.54 Å². The Labute approximate surface area is 127 Å². The highest BCUT2D eigenvalue weighted by atomic mass is 16.5. The van der Waals surface area contributed by atoms with E-state index in [2.05, 4.69) is 26.1 Å². The molecule has 20 heavy (non-hydrogen) atoms. The summed E-state index contributed by atoms with van der Waals surface area (Å²) in [5, 5.41) is 3.72. The number of hydrogen-bond acceptors (Lipinski definition) is 2. The summed E-state index contributed by atoms with van der Waals surface area (Å²) in [6.45, 7) is 7.88. The summed E-state index contributed by atoms with van der Waals surface area (Å²) in [6, 6.07) is 0.593. The predicted molar refractivity (Wildman–Crippen MR) is 88.3 cm³/mol. The Kier molecular flexibility index (Phi) is 10.4. The predicted octanol–water partition coefficient (Wildman–Crippen LogP) is 5.06. The molecule has 1 heterocycles. The highest BCUT2D eigenvalue weighted by molar-refractivity contribution is 4.82. The highest BCUT2D eigenvalue weighted by Crippen LogP contribution is 2.24. The third-order valence-electron chi connectivity index (χ3n) is 4.49. The molecule has 0 bridgehead atoms. The van der Waals surface area contributed by atoms with Crippen LogP contribution in [0, 0.1) is 0 Å². The van der Waals surface area contributed by atoms with Crippen molar-refractivity contribution < 1.29 is 4.74 Å². The van der Waals surface area contributed by atoms with E-state index in [0.29, 0.717) is 18.2 Å². The first-order valence-electron chi connectivity index (χ1n) is 9.16. The Bertz CT molecular complexity index is 219. The summed E-state index contributed by atoms with van der Waals surface area (Å²) in [5.41, 5.74) is 0. The van der Waals surface area contributed by atoms with Gasteiger partial charge in [-0.3, -0.25) is 0 Å². The van der Waals surface area contributed by atoms with Crippen LogP contribution in [0.4, 0.5) is 0 Å². The highest BCUT2D eigenvalue weighted by Gasteiger charge is 2.28. The largest absolute Gasteiger partial charge is 0.374 e. The Morgan fingerprint density at radius 3 is 2.25 bits per heavy atom. The Morgan fingerprint density at radius 1 is 0.950 bits per heavy atom. The number of nitrogens with one attached hydrogen (secondary N) is 1. The molecule has 1 aliphatic rings. The molecular formula is C18H37NO. The van der Waals surface area contributed by atoms with Gasteiger partial charge in [0.2, 0.25) is 0 Å². The summed E-state index contributed by atoms with van der Waals surface area (Å²) in [7, 11) is 0. The zero-order chi connectivity index (χ0) is 14.6. The molecule has 0 aromatic rings. The van der Waals surface area contributed by atoms with Crippen LogP contribution in [0.15, 0.2) is 0 Å². The normalized spacial score (nSPS) is 24.1. The summed E-state index contributed by atoms with van der Waals surface area (Å²) in [5.74, 6) is 0. The third kappa shape index (κ3) is 7.64. The van der Waals surface area contributed by atoms with Crippen molar-refractivity contribution in [3.8, 4) is 0 Å². The molecule has 0 aromatic carbocycles. The van der Waals surface area contributed by atoms with Crippen molar-refractivity contribution in [2.75, 3.05) is 6.54 Å². The second-order valence-electron chi connectivity index (χ2n) is 6.53. The fourth-order valence-electron chi connectivity index (χ4n) is 3.20. The third-order valence-corrected chi connectivity index (χ3v) is 4.49. The van der Waals surface area contributed by atoms with Crippen LogP contribution in [0.25, 0.3) is 0 Å². The first-order valence-corrected chi connectivity index (χ1v) is 9.16. The maximum absolute atomic E-state index is 6.07. The van der Waals surface area contributed by atoms with Crippen molar-refractivity contribution in [1.29, 1.82) is 0 Å². The van der Waals surface area contributed by atoms with Gasteiger partial charge in [-0.05, 0) is 39.2 Å². The van der Waals surface area contributed by atoms with Gasteiger partial charge >= 0.3 is 0 Å². The van der Waals surface area contributed by atoms with Crippen LogP contribution in [-0.2, 0) is 4.74 Å². The van der Waals surface area contributed by atoms with Crippen LogP contribution in [0.2, 0.25) is 0 Å². The number of ether oxygens (including phenoxy) is 1. The molecule has 0 saturated carbocycles. The summed E-state index contributed by atoms with van der Waals surface area (Å²) >= 11 is 0. The minimum Gasteiger partial charge on any atom is -0.374 e. The van der Waals surface area contributed by atoms with Gasteiger partial charge in [-0.2, -0.15) is 0 Å². The molecule has 120 valence electrons. The van der Waals surface area contributed by atoms with Crippen molar-refractivity contribution in [1.82, 2.24) is 5.32 Å². The van der Waals surface area contributed by atoms with Crippen LogP contribution in [0.3, 0.4) is 0 Å². The lowest BCUT2D eigenvalue weighted by Crippen LogP contribution is -2.40. The van der Waals surface area contributed by atoms with Gasteiger partial charge in [0.15, 0.2) is 0 Å². The Hall–Kier alpha value is -0.0800. The van der Waals surface area contributed by atoms with Crippen molar-refractivity contribution in [3.63, 3.8) is 0 Å². The fraction of sp³-hybridized carbons (Fsp3) is 1.00. The Morgan fingerprint density at radius 2 is 1.65 bits per heavy atom. The molecule has 2 heteroatoms. The van der Waals surface area contributed by atoms with E-state index < -0.39 is 0 Å². The molecule has 0 amide bonds. The van der Waals surface area contributed by atoms with Gasteiger partial charge in [0.05, 0.1) is 12.2 Å². The lowest BCUT2D eigenvalue weighted by atomic mass is 9.99. The topological polar surface area (TPSA) is 21.3 Å². The van der Waals surface area contributed by atoms with Crippen LogP contribution in [-0.4, -0.2) is 24.8 Å². The molecule has 1 rings (SSSR count). The van der Waals surface area contributed by atoms with E-state index in [1.807, 2.05) is 0 Å². The van der Waals surface area contributed by atoms with Crippen LogP contribution >= 0.6 is 0 Å². The molecule has 1 saturated heterocycles. The summed E-state index contributed by atoms with van der Waals surface area (Å²) < 4.78 is 6.07. The first kappa shape index (κ1) is 18.0. The average Bonchev–Trinajstić information content (AvgIpc) is 2.87. The maximum Gasteiger partial charge on any atom is 0.0732 e. The van der Waals surface area contributed by atoms with Gasteiger partial charge in [0, 0.05) is 6.04 Å². The number of unbranched alkanes of at least 4 members (excludes halogenated alkanes) is 6. The monoisotopic (exact) mass is 283 g/mol. The standard InChI is InChI=1S/C18H37NO/c1-4-6-7-8-9-10-11-12-17(19-15-5-2)18-14-13-16(3)20-18/h16-19H,4-15H2,1-3H3. The molecule has 0 aliphatic carbocycles. The van der Waals surface area contributed by atoms with E-state index in [1.165, 1.54) is 70.6 Å². The number of hydrogen-bond donors (Lipinski definition) is 1. The van der Waals surface area contributed by atoms with Crippen molar-refractivity contribution in [2.24, 2.45) is 0 Å². The van der Waals surface area contributed by atoms with Gasteiger partial charge in [0.25, 0.3) is 0 Å². The summed E-state index contributed by atoms with van der Waals surface area (Å²) in [4.78, 5) is 0. The smallest absolute Gasteiger partial charge is 0.0732 e. The van der Waals surface area contributed by atoms with Gasteiger partial charge in [-0.15, -0.1) is 0 Å². The maximum atomic E-state index is 6.07. The van der Waals surface area contributed by atoms with Crippen molar-refractivity contribution >= 4 is 0 Å². The molecular weight excluding hydrogens is 246 g/mol. The molecule has 3 atom stereocenters. The quantitative estimate of drug-likeness (QED) is 0.505. The second-order valence-corrected chi connectivity index (χ2v) is 6.53. The molecule has 1 aliphatic heterocycles. The minimum atomic E-state index is 0.469.